The Balaban J connectivity index is 2.63. The number of hydrogen-bond donors (Lipinski definition) is 1. The normalized spacial score (nSPS) is 17.0. The van der Waals surface area contributed by atoms with Gasteiger partial charge < -0.3 is 4.74 Å². The molecule has 0 unspecified atom stereocenters. The number of methoxy groups -OCH3 is 1. The van der Waals surface area contributed by atoms with E-state index in [4.69, 9.17) is 4.74 Å². The highest BCUT2D eigenvalue weighted by molar-refractivity contribution is 7.90. The molecule has 5 nitrogen and oxygen atoms in total. The van der Waals surface area contributed by atoms with Crippen LogP contribution in [-0.2, 0) is 21.2 Å². The largest absolute Gasteiger partial charge is 0.468 e. The van der Waals surface area contributed by atoms with Crippen molar-refractivity contribution in [2.45, 2.75) is 18.2 Å². The summed E-state index contributed by atoms with van der Waals surface area (Å²) in [6, 6.07) is 5.10. The van der Waals surface area contributed by atoms with E-state index in [-0.39, 0.29) is 10.9 Å². The second kappa shape index (κ2) is 3.79. The van der Waals surface area contributed by atoms with Crippen LogP contribution in [0.3, 0.4) is 0 Å². The number of fused-ring (bicyclic) bond motifs is 1. The number of sulfonamides is 1. The van der Waals surface area contributed by atoms with Crippen LogP contribution in [0.2, 0.25) is 0 Å². The third kappa shape index (κ3) is 1.76. The predicted molar refractivity (Wildman–Crippen MR) is 60.2 cm³/mol. The predicted octanol–water partition coefficient (Wildman–Crippen LogP) is 1.17. The van der Waals surface area contributed by atoms with Crippen molar-refractivity contribution in [1.82, 2.24) is 4.72 Å². The Bertz CT molecular complexity index is 549. The van der Waals surface area contributed by atoms with Gasteiger partial charge in [0.1, 0.15) is 4.90 Å². The minimum absolute atomic E-state index is 0.000697. The maximum Gasteiger partial charge on any atom is 0.303 e. The lowest BCUT2D eigenvalue weighted by atomic mass is 10.1. The van der Waals surface area contributed by atoms with Crippen LogP contribution in [-0.4, -0.2) is 21.5 Å². The standard InChI is InChI=1S/C10H12N2O3S/c1-3-7-4-5-9-8(6-7)11-10(15-2)12-16(9,13)14/h4-6H,3H2,1-2H3,(H,11,12). The van der Waals surface area contributed by atoms with E-state index >= 15 is 0 Å². The third-order valence-corrected chi connectivity index (χ3v) is 3.73. The molecule has 0 saturated carbocycles. The summed E-state index contributed by atoms with van der Waals surface area (Å²) >= 11 is 0. The molecule has 0 amide bonds. The van der Waals surface area contributed by atoms with Crippen LogP contribution in [0.25, 0.3) is 0 Å². The van der Waals surface area contributed by atoms with E-state index in [1.165, 1.54) is 7.11 Å². The molecule has 0 radical (unpaired) electrons. The van der Waals surface area contributed by atoms with Gasteiger partial charge in [0, 0.05) is 0 Å². The van der Waals surface area contributed by atoms with Gasteiger partial charge in [0.25, 0.3) is 10.0 Å². The van der Waals surface area contributed by atoms with Gasteiger partial charge in [0.05, 0.1) is 12.8 Å². The minimum atomic E-state index is -3.53. The lowest BCUT2D eigenvalue weighted by Gasteiger charge is -2.16. The first-order valence-electron chi connectivity index (χ1n) is 4.85. The van der Waals surface area contributed by atoms with Gasteiger partial charge in [-0.15, -0.1) is 0 Å². The number of benzene rings is 1. The summed E-state index contributed by atoms with van der Waals surface area (Å²) in [7, 11) is -2.16. The van der Waals surface area contributed by atoms with Crippen LogP contribution in [0.15, 0.2) is 28.1 Å². The number of ether oxygens (including phenoxy) is 1. The van der Waals surface area contributed by atoms with E-state index in [9.17, 15) is 8.42 Å². The molecule has 0 saturated heterocycles. The van der Waals surface area contributed by atoms with Crippen molar-refractivity contribution in [2.75, 3.05) is 7.11 Å². The Hall–Kier alpha value is -1.56. The molecule has 0 aliphatic carbocycles. The lowest BCUT2D eigenvalue weighted by molar-refractivity contribution is 0.389. The first-order chi connectivity index (χ1) is 7.56. The van der Waals surface area contributed by atoms with E-state index in [1.54, 1.807) is 18.2 Å². The molecule has 16 heavy (non-hydrogen) atoms. The molecule has 6 heteroatoms. The summed E-state index contributed by atoms with van der Waals surface area (Å²) in [5, 5.41) is 0. The highest BCUT2D eigenvalue weighted by atomic mass is 32.2. The average Bonchev–Trinajstić information content (AvgIpc) is 2.27. The summed E-state index contributed by atoms with van der Waals surface area (Å²) in [4.78, 5) is 4.26. The number of amidine groups is 1. The number of aryl methyl sites for hydroxylation is 1. The van der Waals surface area contributed by atoms with Crippen molar-refractivity contribution < 1.29 is 13.2 Å². The van der Waals surface area contributed by atoms with Gasteiger partial charge in [-0.2, -0.15) is 4.99 Å². The number of hydrogen-bond acceptors (Lipinski definition) is 4. The van der Waals surface area contributed by atoms with E-state index < -0.39 is 10.0 Å². The molecule has 0 atom stereocenters. The summed E-state index contributed by atoms with van der Waals surface area (Å²) in [5.74, 6) is 0. The van der Waals surface area contributed by atoms with E-state index in [0.29, 0.717) is 5.69 Å². The van der Waals surface area contributed by atoms with Crippen molar-refractivity contribution in [2.24, 2.45) is 4.99 Å². The smallest absolute Gasteiger partial charge is 0.303 e. The molecule has 1 N–H and O–H groups in total. The highest BCUT2D eigenvalue weighted by Gasteiger charge is 2.25. The first-order valence-corrected chi connectivity index (χ1v) is 6.33. The fourth-order valence-electron chi connectivity index (χ4n) is 1.49. The van der Waals surface area contributed by atoms with Gasteiger partial charge in [-0.1, -0.05) is 13.0 Å². The van der Waals surface area contributed by atoms with Gasteiger partial charge >= 0.3 is 6.02 Å². The quantitative estimate of drug-likeness (QED) is 0.801. The lowest BCUT2D eigenvalue weighted by Crippen LogP contribution is -2.34. The van der Waals surface area contributed by atoms with Gasteiger partial charge in [0.2, 0.25) is 0 Å². The van der Waals surface area contributed by atoms with Gasteiger partial charge in [-0.05, 0) is 24.1 Å². The van der Waals surface area contributed by atoms with Gasteiger partial charge in [-0.25, -0.2) is 13.1 Å². The van der Waals surface area contributed by atoms with Crippen LogP contribution in [0.5, 0.6) is 0 Å². The van der Waals surface area contributed by atoms with E-state index in [1.807, 2.05) is 6.92 Å². The molecular formula is C10H12N2O3S. The maximum absolute atomic E-state index is 11.8. The first kappa shape index (κ1) is 10.9. The van der Waals surface area contributed by atoms with Crippen molar-refractivity contribution in [3.8, 4) is 0 Å². The van der Waals surface area contributed by atoms with Crippen LogP contribution in [0, 0.1) is 0 Å². The molecule has 1 heterocycles. The van der Waals surface area contributed by atoms with Gasteiger partial charge in [0.15, 0.2) is 0 Å². The van der Waals surface area contributed by atoms with Crippen LogP contribution >= 0.6 is 0 Å². The fraction of sp³-hybridized carbons (Fsp3) is 0.300. The molecule has 2 rings (SSSR count). The van der Waals surface area contributed by atoms with E-state index in [0.717, 1.165) is 12.0 Å². The SMILES string of the molecule is CCc1ccc2c(c1)N=C(OC)NS2(=O)=O. The van der Waals surface area contributed by atoms with E-state index in [2.05, 4.69) is 9.71 Å². The van der Waals surface area contributed by atoms with Crippen LogP contribution in [0.1, 0.15) is 12.5 Å². The zero-order valence-corrected chi connectivity index (χ0v) is 9.84. The Morgan fingerprint density at radius 1 is 1.44 bits per heavy atom. The van der Waals surface area contributed by atoms with Crippen molar-refractivity contribution in [3.05, 3.63) is 23.8 Å². The van der Waals surface area contributed by atoms with Gasteiger partial charge in [-0.3, -0.25) is 0 Å². The monoisotopic (exact) mass is 240 g/mol. The molecular weight excluding hydrogens is 228 g/mol. The molecule has 0 fully saturated rings. The minimum Gasteiger partial charge on any atom is -0.468 e. The molecule has 0 spiro atoms. The zero-order valence-electron chi connectivity index (χ0n) is 9.02. The molecule has 1 aromatic rings. The second-order valence-electron chi connectivity index (χ2n) is 3.38. The van der Waals surface area contributed by atoms with Crippen molar-refractivity contribution in [1.29, 1.82) is 0 Å². The summed E-state index contributed by atoms with van der Waals surface area (Å²) in [6.07, 6.45) is 0.832. The second-order valence-corrected chi connectivity index (χ2v) is 5.03. The number of aliphatic imine (C=N–C) groups is 1. The zero-order chi connectivity index (χ0) is 11.8. The van der Waals surface area contributed by atoms with Crippen LogP contribution in [0.4, 0.5) is 5.69 Å². The molecule has 0 bridgehead atoms. The van der Waals surface area contributed by atoms with Crippen molar-refractivity contribution >= 4 is 21.7 Å². The highest BCUT2D eigenvalue weighted by Crippen LogP contribution is 2.28. The number of rotatable bonds is 1. The Kier molecular flexibility index (Phi) is 2.59. The summed E-state index contributed by atoms with van der Waals surface area (Å²) < 4.78 is 30.6. The Labute approximate surface area is 94.2 Å². The number of nitrogens with one attached hydrogen (secondary N) is 1. The molecule has 86 valence electrons. The molecule has 1 aliphatic rings. The summed E-state index contributed by atoms with van der Waals surface area (Å²) in [5.41, 5.74) is 1.46. The molecule has 1 aromatic carbocycles. The summed E-state index contributed by atoms with van der Waals surface area (Å²) in [6.45, 7) is 2.00. The maximum atomic E-state index is 11.8. The number of nitrogens with zero attached hydrogens (tertiary/aromatic N) is 1. The Morgan fingerprint density at radius 3 is 2.81 bits per heavy atom. The molecule has 0 aromatic heterocycles. The fourth-order valence-corrected chi connectivity index (χ4v) is 2.58. The Morgan fingerprint density at radius 2 is 2.19 bits per heavy atom. The topological polar surface area (TPSA) is 67.8 Å². The van der Waals surface area contributed by atoms with Crippen molar-refractivity contribution in [3.63, 3.8) is 0 Å². The average molecular weight is 240 g/mol. The van der Waals surface area contributed by atoms with Crippen LogP contribution < -0.4 is 4.72 Å². The molecule has 1 aliphatic heterocycles. The third-order valence-electron chi connectivity index (χ3n) is 2.36.